The number of rotatable bonds is 7. The highest BCUT2D eigenvalue weighted by atomic mass is 16.5. The number of benzene rings is 1. The van der Waals surface area contributed by atoms with Crippen LogP contribution in [0.1, 0.15) is 56.5 Å². The fourth-order valence-electron chi connectivity index (χ4n) is 2.19. The largest absolute Gasteiger partial charge is 0.481 e. The predicted molar refractivity (Wildman–Crippen MR) is 89.6 cm³/mol. The van der Waals surface area contributed by atoms with E-state index in [0.717, 1.165) is 5.56 Å². The molecule has 1 aromatic carbocycles. The van der Waals surface area contributed by atoms with E-state index in [2.05, 4.69) is 0 Å². The molecule has 0 bridgehead atoms. The van der Waals surface area contributed by atoms with Gasteiger partial charge in [-0.25, -0.2) is 4.79 Å². The van der Waals surface area contributed by atoms with Gasteiger partial charge in [0.2, 0.25) is 5.91 Å². The van der Waals surface area contributed by atoms with E-state index in [0.29, 0.717) is 18.7 Å². The van der Waals surface area contributed by atoms with E-state index >= 15 is 0 Å². The topological polar surface area (TPSA) is 83.9 Å². The van der Waals surface area contributed by atoms with Crippen molar-refractivity contribution in [2.45, 2.75) is 52.6 Å². The second-order valence-electron chi connectivity index (χ2n) is 6.46. The third kappa shape index (κ3) is 6.02. The Morgan fingerprint density at radius 2 is 1.67 bits per heavy atom. The number of amides is 1. The molecule has 0 aliphatic rings. The molecule has 0 aromatic heterocycles. The number of esters is 1. The van der Waals surface area contributed by atoms with Crippen molar-refractivity contribution in [2.75, 3.05) is 6.61 Å². The van der Waals surface area contributed by atoms with Gasteiger partial charge in [-0.15, -0.1) is 0 Å². The van der Waals surface area contributed by atoms with Crippen molar-refractivity contribution in [3.8, 4) is 0 Å². The maximum atomic E-state index is 12.3. The number of hydrogen-bond acceptors (Lipinski definition) is 4. The molecular weight excluding hydrogens is 310 g/mol. The molecule has 1 amide bonds. The molecule has 132 valence electrons. The lowest BCUT2D eigenvalue weighted by molar-refractivity contribution is -0.143. The van der Waals surface area contributed by atoms with Crippen molar-refractivity contribution in [2.24, 2.45) is 0 Å². The Morgan fingerprint density at radius 3 is 2.12 bits per heavy atom. The highest BCUT2D eigenvalue weighted by Crippen LogP contribution is 2.20. The third-order valence-corrected chi connectivity index (χ3v) is 3.47. The normalized spacial score (nSPS) is 11.0. The van der Waals surface area contributed by atoms with Gasteiger partial charge in [-0.2, -0.15) is 0 Å². The average molecular weight is 335 g/mol. The van der Waals surface area contributed by atoms with Crippen LogP contribution >= 0.6 is 0 Å². The van der Waals surface area contributed by atoms with E-state index in [-0.39, 0.29) is 24.7 Å². The second-order valence-corrected chi connectivity index (χ2v) is 6.46. The van der Waals surface area contributed by atoms with Gasteiger partial charge in [-0.05, 0) is 45.4 Å². The summed E-state index contributed by atoms with van der Waals surface area (Å²) in [6.45, 7) is 8.12. The first-order chi connectivity index (χ1) is 11.1. The van der Waals surface area contributed by atoms with E-state index in [9.17, 15) is 14.4 Å². The molecular formula is C18H25NO5. The molecule has 0 unspecified atom stereocenters. The fraction of sp³-hybridized carbons (Fsp3) is 0.500. The van der Waals surface area contributed by atoms with Gasteiger partial charge in [0.05, 0.1) is 18.6 Å². The molecule has 0 spiro atoms. The van der Waals surface area contributed by atoms with Crippen LogP contribution in [0.25, 0.3) is 0 Å². The molecule has 0 aliphatic heterocycles. The Bertz CT molecular complexity index is 586. The van der Waals surface area contributed by atoms with Gasteiger partial charge in [0.15, 0.2) is 0 Å². The lowest BCUT2D eigenvalue weighted by Crippen LogP contribution is -2.45. The predicted octanol–water partition coefficient (Wildman–Crippen LogP) is 2.86. The number of nitrogens with zero attached hydrogens (tertiary/aromatic N) is 1. The van der Waals surface area contributed by atoms with Crippen molar-refractivity contribution < 1.29 is 24.2 Å². The molecule has 24 heavy (non-hydrogen) atoms. The van der Waals surface area contributed by atoms with Gasteiger partial charge in [-0.3, -0.25) is 9.59 Å². The van der Waals surface area contributed by atoms with E-state index < -0.39 is 11.5 Å². The molecule has 1 N–H and O–H groups in total. The zero-order valence-electron chi connectivity index (χ0n) is 14.7. The number of aliphatic carboxylic acids is 1. The van der Waals surface area contributed by atoms with Gasteiger partial charge in [0.25, 0.3) is 0 Å². The lowest BCUT2D eigenvalue weighted by Gasteiger charge is -2.36. The molecule has 6 heteroatoms. The highest BCUT2D eigenvalue weighted by Gasteiger charge is 2.26. The zero-order valence-corrected chi connectivity index (χ0v) is 14.7. The summed E-state index contributed by atoms with van der Waals surface area (Å²) in [5.41, 5.74) is 0.886. The van der Waals surface area contributed by atoms with Crippen LogP contribution in [0.2, 0.25) is 0 Å². The number of carboxylic acids is 1. The SMILES string of the molecule is CCOC(=O)c1ccc(CN(C(=O)CCC(=O)O)C(C)(C)C)cc1. The lowest BCUT2D eigenvalue weighted by atomic mass is 10.0. The van der Waals surface area contributed by atoms with Crippen LogP contribution in [0, 0.1) is 0 Å². The molecule has 0 saturated heterocycles. The van der Waals surface area contributed by atoms with Gasteiger partial charge in [-0.1, -0.05) is 12.1 Å². The number of carbonyl (C=O) groups is 3. The molecule has 6 nitrogen and oxygen atoms in total. The minimum Gasteiger partial charge on any atom is -0.481 e. The maximum absolute atomic E-state index is 12.3. The van der Waals surface area contributed by atoms with Crippen LogP contribution in [-0.2, 0) is 20.9 Å². The quantitative estimate of drug-likeness (QED) is 0.775. The molecule has 0 aliphatic carbocycles. The van der Waals surface area contributed by atoms with E-state index in [1.165, 1.54) is 0 Å². The van der Waals surface area contributed by atoms with Crippen LogP contribution in [0.4, 0.5) is 0 Å². The first kappa shape index (κ1) is 19.7. The number of ether oxygens (including phenoxy) is 1. The Labute approximate surface area is 142 Å². The van der Waals surface area contributed by atoms with E-state index in [1.807, 2.05) is 20.8 Å². The molecule has 1 aromatic rings. The zero-order chi connectivity index (χ0) is 18.3. The summed E-state index contributed by atoms with van der Waals surface area (Å²) in [6, 6.07) is 6.87. The maximum Gasteiger partial charge on any atom is 0.338 e. The van der Waals surface area contributed by atoms with Crippen LogP contribution < -0.4 is 0 Å². The molecule has 0 atom stereocenters. The second kappa shape index (κ2) is 8.47. The molecule has 0 fully saturated rings. The van der Waals surface area contributed by atoms with Gasteiger partial charge < -0.3 is 14.7 Å². The molecule has 0 heterocycles. The Balaban J connectivity index is 2.85. The van der Waals surface area contributed by atoms with Crippen LogP contribution in [0.15, 0.2) is 24.3 Å². The summed E-state index contributed by atoms with van der Waals surface area (Å²) in [6.07, 6.45) is -0.222. The van der Waals surface area contributed by atoms with E-state index in [1.54, 1.807) is 36.1 Å². The summed E-state index contributed by atoms with van der Waals surface area (Å²) in [5.74, 6) is -1.58. The Kier molecular flexibility index (Phi) is 6.95. The number of hydrogen-bond donors (Lipinski definition) is 1. The van der Waals surface area contributed by atoms with Crippen molar-refractivity contribution in [3.05, 3.63) is 35.4 Å². The Morgan fingerprint density at radius 1 is 1.08 bits per heavy atom. The first-order valence-electron chi connectivity index (χ1n) is 7.93. The van der Waals surface area contributed by atoms with Gasteiger partial charge in [0.1, 0.15) is 0 Å². The standard InChI is InChI=1S/C18H25NO5/c1-5-24-17(23)14-8-6-13(7-9-14)12-19(18(2,3)4)15(20)10-11-16(21)22/h6-9H,5,10-12H2,1-4H3,(H,21,22). The van der Waals surface area contributed by atoms with Gasteiger partial charge >= 0.3 is 11.9 Å². The molecule has 0 saturated carbocycles. The fourth-order valence-corrected chi connectivity index (χ4v) is 2.19. The van der Waals surface area contributed by atoms with Crippen LogP contribution in [-0.4, -0.2) is 40.0 Å². The Hall–Kier alpha value is -2.37. The van der Waals surface area contributed by atoms with Crippen molar-refractivity contribution in [1.29, 1.82) is 0 Å². The first-order valence-corrected chi connectivity index (χ1v) is 7.93. The molecule has 0 radical (unpaired) electrons. The number of carboxylic acid groups (broad SMARTS) is 1. The molecule has 1 rings (SSSR count). The summed E-state index contributed by atoms with van der Waals surface area (Å²) >= 11 is 0. The minimum absolute atomic E-state index is 0.0342. The van der Waals surface area contributed by atoms with E-state index in [4.69, 9.17) is 9.84 Å². The van der Waals surface area contributed by atoms with Gasteiger partial charge in [0, 0.05) is 18.5 Å². The average Bonchev–Trinajstić information content (AvgIpc) is 2.50. The van der Waals surface area contributed by atoms with Crippen molar-refractivity contribution in [3.63, 3.8) is 0 Å². The summed E-state index contributed by atoms with van der Waals surface area (Å²) in [7, 11) is 0. The monoisotopic (exact) mass is 335 g/mol. The van der Waals surface area contributed by atoms with Crippen LogP contribution in [0.5, 0.6) is 0 Å². The number of carbonyl (C=O) groups excluding carboxylic acids is 2. The summed E-state index contributed by atoms with van der Waals surface area (Å²) in [5, 5.41) is 8.75. The minimum atomic E-state index is -0.990. The summed E-state index contributed by atoms with van der Waals surface area (Å²) < 4.78 is 4.94. The van der Waals surface area contributed by atoms with Crippen LogP contribution in [0.3, 0.4) is 0 Å². The van der Waals surface area contributed by atoms with Crippen molar-refractivity contribution >= 4 is 17.8 Å². The summed E-state index contributed by atoms with van der Waals surface area (Å²) in [4.78, 5) is 36.3. The van der Waals surface area contributed by atoms with Crippen molar-refractivity contribution in [1.82, 2.24) is 4.90 Å². The smallest absolute Gasteiger partial charge is 0.338 e. The third-order valence-electron chi connectivity index (χ3n) is 3.47. The highest BCUT2D eigenvalue weighted by molar-refractivity contribution is 5.89.